The maximum absolute atomic E-state index is 14.7. The lowest BCUT2D eigenvalue weighted by Gasteiger charge is -2.30. The standard InChI is InChI=1S/C15H9BBrF2N3O2/c17-11-5-1-4-10(15(11)22(23)24)14-12-6-2-8-20(12)16(18,19)21-9-3-7-13(14)21/h1-9H. The molecule has 4 rings (SSSR count). The van der Waals surface area contributed by atoms with Crippen molar-refractivity contribution in [3.8, 4) is 0 Å². The fourth-order valence-corrected chi connectivity index (χ4v) is 3.71. The molecule has 3 heterocycles. The molecule has 120 valence electrons. The zero-order chi connectivity index (χ0) is 17.1. The Morgan fingerprint density at radius 3 is 2.79 bits per heavy atom. The Kier molecular flexibility index (Phi) is 3.11. The highest BCUT2D eigenvalue weighted by atomic mass is 79.9. The molecule has 24 heavy (non-hydrogen) atoms. The fraction of sp³-hybridized carbons (Fsp3) is 0. The fourth-order valence-electron chi connectivity index (χ4n) is 3.20. The molecule has 0 aliphatic carbocycles. The van der Waals surface area contributed by atoms with Crippen LogP contribution in [0.15, 0.2) is 58.9 Å². The van der Waals surface area contributed by atoms with Crippen LogP contribution >= 0.6 is 15.9 Å². The largest absolute Gasteiger partial charge is 0.737 e. The average molecular weight is 392 g/mol. The van der Waals surface area contributed by atoms with Crippen LogP contribution in [-0.2, 0) is 0 Å². The van der Waals surface area contributed by atoms with Gasteiger partial charge in [-0.3, -0.25) is 10.1 Å². The molecule has 0 saturated carbocycles. The molecule has 0 radical (unpaired) electrons. The summed E-state index contributed by atoms with van der Waals surface area (Å²) in [4.78, 5) is 11.0. The Morgan fingerprint density at radius 1 is 1.25 bits per heavy atom. The summed E-state index contributed by atoms with van der Waals surface area (Å²) in [5.41, 5.74) is 1.07. The summed E-state index contributed by atoms with van der Waals surface area (Å²) in [5.74, 6) is 0. The van der Waals surface area contributed by atoms with E-state index in [1.54, 1.807) is 30.3 Å². The monoisotopic (exact) mass is 391 g/mol. The van der Waals surface area contributed by atoms with E-state index in [2.05, 4.69) is 15.9 Å². The Hall–Kier alpha value is -2.55. The lowest BCUT2D eigenvalue weighted by atomic mass is 9.86. The second-order valence-electron chi connectivity index (χ2n) is 5.46. The Labute approximate surface area is 143 Å². The molecular weight excluding hydrogens is 383 g/mol. The van der Waals surface area contributed by atoms with Gasteiger partial charge >= 0.3 is 6.97 Å². The van der Waals surface area contributed by atoms with Gasteiger partial charge in [0.25, 0.3) is 5.69 Å². The number of fused-ring (bicyclic) bond motifs is 2. The van der Waals surface area contributed by atoms with Crippen molar-refractivity contribution in [1.29, 1.82) is 0 Å². The van der Waals surface area contributed by atoms with E-state index >= 15 is 0 Å². The highest BCUT2D eigenvalue weighted by molar-refractivity contribution is 9.10. The minimum Gasteiger partial charge on any atom is -0.396 e. The van der Waals surface area contributed by atoms with Crippen molar-refractivity contribution in [3.63, 3.8) is 0 Å². The lowest BCUT2D eigenvalue weighted by molar-refractivity contribution is -0.386. The molecule has 1 aromatic heterocycles. The maximum Gasteiger partial charge on any atom is 0.737 e. The lowest BCUT2D eigenvalue weighted by Crippen LogP contribution is -2.49. The van der Waals surface area contributed by atoms with Crippen molar-refractivity contribution in [3.05, 3.63) is 80.2 Å². The number of para-hydroxylation sites is 1. The molecule has 0 atom stereocenters. The summed E-state index contributed by atoms with van der Waals surface area (Å²) < 4.78 is 31.5. The Morgan fingerprint density at radius 2 is 2.04 bits per heavy atom. The smallest absolute Gasteiger partial charge is 0.396 e. The minimum atomic E-state index is -4.02. The van der Waals surface area contributed by atoms with Gasteiger partial charge in [-0.1, -0.05) is 6.07 Å². The number of benzene rings is 1. The van der Waals surface area contributed by atoms with Crippen LogP contribution in [-0.4, -0.2) is 27.1 Å². The SMILES string of the molecule is O=[N+]([O-])c1c(Br)cccc1C1=C2C=CC=[N+]2[B-](F)(F)n2cccc21. The molecule has 2 aliphatic heterocycles. The predicted octanol–water partition coefficient (Wildman–Crippen LogP) is 3.81. The summed E-state index contributed by atoms with van der Waals surface area (Å²) in [6, 6.07) is 7.84. The van der Waals surface area contributed by atoms with E-state index in [0.29, 0.717) is 15.6 Å². The van der Waals surface area contributed by atoms with Gasteiger partial charge in [-0.05, 0) is 46.4 Å². The summed E-state index contributed by atoms with van der Waals surface area (Å²) in [7, 11) is 0. The molecule has 0 saturated heterocycles. The molecule has 0 N–H and O–H groups in total. The second-order valence-corrected chi connectivity index (χ2v) is 6.31. The maximum atomic E-state index is 14.7. The van der Waals surface area contributed by atoms with Gasteiger partial charge in [0, 0.05) is 17.8 Å². The molecule has 0 bridgehead atoms. The van der Waals surface area contributed by atoms with Gasteiger partial charge in [0.15, 0.2) is 5.70 Å². The van der Waals surface area contributed by atoms with Crippen molar-refractivity contribution in [2.45, 2.75) is 0 Å². The zero-order valence-electron chi connectivity index (χ0n) is 12.1. The van der Waals surface area contributed by atoms with Gasteiger partial charge in [-0.2, -0.15) is 0 Å². The number of allylic oxidation sites excluding steroid dienone is 2. The van der Waals surface area contributed by atoms with E-state index < -0.39 is 11.9 Å². The third-order valence-corrected chi connectivity index (χ3v) is 4.82. The highest BCUT2D eigenvalue weighted by Gasteiger charge is 2.52. The number of nitro benzene ring substituents is 1. The first-order valence-corrected chi connectivity index (χ1v) is 7.89. The number of aromatic nitrogens is 1. The highest BCUT2D eigenvalue weighted by Crippen LogP contribution is 2.43. The van der Waals surface area contributed by atoms with Gasteiger partial charge < -0.3 is 17.6 Å². The van der Waals surface area contributed by atoms with Crippen molar-refractivity contribution < 1.29 is 18.0 Å². The van der Waals surface area contributed by atoms with Crippen molar-refractivity contribution in [2.24, 2.45) is 0 Å². The molecule has 0 unspecified atom stereocenters. The van der Waals surface area contributed by atoms with Crippen LogP contribution in [0.4, 0.5) is 14.3 Å². The first-order chi connectivity index (χ1) is 11.4. The van der Waals surface area contributed by atoms with Gasteiger partial charge in [0.2, 0.25) is 0 Å². The minimum absolute atomic E-state index is 0.147. The molecule has 2 aromatic rings. The first-order valence-electron chi connectivity index (χ1n) is 7.10. The Bertz CT molecular complexity index is 994. The number of halogens is 3. The molecule has 9 heteroatoms. The number of hydrogen-bond donors (Lipinski definition) is 0. The van der Waals surface area contributed by atoms with Crippen molar-refractivity contribution in [1.82, 2.24) is 4.48 Å². The van der Waals surface area contributed by atoms with Crippen LogP contribution in [0.2, 0.25) is 0 Å². The molecule has 5 nitrogen and oxygen atoms in total. The second kappa shape index (κ2) is 4.97. The quantitative estimate of drug-likeness (QED) is 0.444. The summed E-state index contributed by atoms with van der Waals surface area (Å²) >= 11 is 3.19. The molecular formula is C15H9BBrF2N3O2. The van der Waals surface area contributed by atoms with Gasteiger partial charge in [-0.25, -0.2) is 0 Å². The summed E-state index contributed by atoms with van der Waals surface area (Å²) in [6.07, 6.45) is 5.65. The Balaban J connectivity index is 2.11. The van der Waals surface area contributed by atoms with E-state index in [1.165, 1.54) is 24.6 Å². The average Bonchev–Trinajstić information content (AvgIpc) is 3.16. The van der Waals surface area contributed by atoms with E-state index in [-0.39, 0.29) is 17.1 Å². The van der Waals surface area contributed by atoms with Crippen LogP contribution in [0, 0.1) is 10.1 Å². The molecule has 1 aromatic carbocycles. The van der Waals surface area contributed by atoms with E-state index in [9.17, 15) is 18.7 Å². The zero-order valence-corrected chi connectivity index (χ0v) is 13.7. The molecule has 2 aliphatic rings. The van der Waals surface area contributed by atoms with Gasteiger partial charge in [0.05, 0.1) is 20.5 Å². The molecule has 0 spiro atoms. The van der Waals surface area contributed by atoms with E-state index in [0.717, 1.165) is 8.96 Å². The van der Waals surface area contributed by atoms with Crippen LogP contribution in [0.5, 0.6) is 0 Å². The van der Waals surface area contributed by atoms with Crippen molar-refractivity contribution in [2.75, 3.05) is 0 Å². The topological polar surface area (TPSA) is 51.1 Å². The third-order valence-electron chi connectivity index (χ3n) is 4.18. The van der Waals surface area contributed by atoms with Crippen LogP contribution < -0.4 is 0 Å². The number of hydrogen-bond acceptors (Lipinski definition) is 2. The number of nitro groups is 1. The van der Waals surface area contributed by atoms with Crippen LogP contribution in [0.1, 0.15) is 11.3 Å². The van der Waals surface area contributed by atoms with E-state index in [4.69, 9.17) is 0 Å². The van der Waals surface area contributed by atoms with Crippen LogP contribution in [0.3, 0.4) is 0 Å². The molecule has 0 amide bonds. The number of nitrogens with zero attached hydrogens (tertiary/aromatic N) is 3. The summed E-state index contributed by atoms with van der Waals surface area (Å²) in [5, 5.41) is 11.5. The van der Waals surface area contributed by atoms with Crippen LogP contribution in [0.25, 0.3) is 5.57 Å². The van der Waals surface area contributed by atoms with Gasteiger partial charge in [0.1, 0.15) is 6.21 Å². The summed E-state index contributed by atoms with van der Waals surface area (Å²) in [6.45, 7) is -4.02. The van der Waals surface area contributed by atoms with Gasteiger partial charge in [-0.15, -0.1) is 0 Å². The number of rotatable bonds is 2. The third kappa shape index (κ3) is 1.87. The predicted molar refractivity (Wildman–Crippen MR) is 90.1 cm³/mol. The first kappa shape index (κ1) is 15.0. The van der Waals surface area contributed by atoms with Crippen molar-refractivity contribution >= 4 is 40.4 Å². The molecule has 0 fully saturated rings. The normalized spacial score (nSPS) is 17.5. The van der Waals surface area contributed by atoms with E-state index in [1.807, 2.05) is 0 Å².